The predicted octanol–water partition coefficient (Wildman–Crippen LogP) is 2.46. The summed E-state index contributed by atoms with van der Waals surface area (Å²) in [6.07, 6.45) is -0.681. The number of H-pyrrole nitrogens is 2. The zero-order valence-electron chi connectivity index (χ0n) is 17.6. The number of rotatable bonds is 4. The van der Waals surface area contributed by atoms with Crippen LogP contribution in [0.25, 0.3) is 33.3 Å². The molecule has 2 amide bonds. The van der Waals surface area contributed by atoms with Gasteiger partial charge in [0.05, 0.1) is 32.9 Å². The normalized spacial score (nSPS) is 15.6. The maximum Gasteiger partial charge on any atom is 0.404 e. The van der Waals surface area contributed by atoms with Crippen molar-refractivity contribution in [1.29, 1.82) is 0 Å². The summed E-state index contributed by atoms with van der Waals surface area (Å²) < 4.78 is 0. The van der Waals surface area contributed by atoms with Crippen LogP contribution in [0.15, 0.2) is 47.3 Å². The summed E-state index contributed by atoms with van der Waals surface area (Å²) >= 11 is 0. The average molecular weight is 462 g/mol. The van der Waals surface area contributed by atoms with E-state index in [-0.39, 0.29) is 46.5 Å². The lowest BCUT2D eigenvalue weighted by Crippen LogP contribution is -2.37. The molecule has 0 unspecified atom stereocenters. The van der Waals surface area contributed by atoms with Crippen LogP contribution in [0.5, 0.6) is 0 Å². The van der Waals surface area contributed by atoms with Crippen molar-refractivity contribution in [3.8, 4) is 11.4 Å². The fourth-order valence-electron chi connectivity index (χ4n) is 4.29. The van der Waals surface area contributed by atoms with Crippen molar-refractivity contribution in [1.82, 2.24) is 25.2 Å². The Morgan fingerprint density at radius 2 is 1.97 bits per heavy atom. The second-order valence-electron chi connectivity index (χ2n) is 7.98. The van der Waals surface area contributed by atoms with Crippen LogP contribution >= 0.6 is 0 Å². The third kappa shape index (κ3) is 3.60. The van der Waals surface area contributed by atoms with E-state index in [0.29, 0.717) is 29.5 Å². The van der Waals surface area contributed by atoms with E-state index in [1.807, 2.05) is 0 Å². The number of nitrogens with one attached hydrogen (secondary N) is 3. The van der Waals surface area contributed by atoms with Crippen LogP contribution < -0.4 is 10.9 Å². The fraction of sp³-hybridized carbons (Fsp3) is 0.182. The molecule has 12 nitrogen and oxygen atoms in total. The minimum Gasteiger partial charge on any atom is -0.465 e. The van der Waals surface area contributed by atoms with Crippen LogP contribution in [0, 0.1) is 10.1 Å². The molecule has 172 valence electrons. The lowest BCUT2D eigenvalue weighted by Gasteiger charge is -2.16. The number of para-hydroxylation sites is 2. The first-order valence-electron chi connectivity index (χ1n) is 10.4. The lowest BCUT2D eigenvalue weighted by molar-refractivity contribution is -0.382. The van der Waals surface area contributed by atoms with E-state index in [4.69, 9.17) is 5.11 Å². The highest BCUT2D eigenvalue weighted by Gasteiger charge is 2.30. The largest absolute Gasteiger partial charge is 0.465 e. The number of benzene rings is 2. The second kappa shape index (κ2) is 7.99. The minimum absolute atomic E-state index is 0.0523. The van der Waals surface area contributed by atoms with Gasteiger partial charge in [-0.1, -0.05) is 12.1 Å². The number of hydrogen-bond acceptors (Lipinski definition) is 6. The van der Waals surface area contributed by atoms with Gasteiger partial charge in [-0.15, -0.1) is 0 Å². The molecule has 0 spiro atoms. The van der Waals surface area contributed by atoms with Crippen molar-refractivity contribution >= 4 is 39.6 Å². The van der Waals surface area contributed by atoms with Crippen molar-refractivity contribution in [2.75, 3.05) is 13.1 Å². The molecule has 2 aromatic carbocycles. The van der Waals surface area contributed by atoms with Gasteiger partial charge in [0.1, 0.15) is 5.69 Å². The molecule has 1 saturated heterocycles. The van der Waals surface area contributed by atoms with Crippen molar-refractivity contribution in [3.05, 3.63) is 68.5 Å². The number of carboxylic acid groups (broad SMARTS) is 1. The Morgan fingerprint density at radius 3 is 2.74 bits per heavy atom. The summed E-state index contributed by atoms with van der Waals surface area (Å²) in [5.41, 5.74) is 0.448. The van der Waals surface area contributed by atoms with Crippen LogP contribution in [0.1, 0.15) is 16.8 Å². The summed E-state index contributed by atoms with van der Waals surface area (Å²) in [6, 6.07) is 10.9. The fourth-order valence-corrected chi connectivity index (χ4v) is 4.29. The number of nitrogens with zero attached hydrogens (tertiary/aromatic N) is 3. The maximum absolute atomic E-state index is 13.0. The van der Waals surface area contributed by atoms with Crippen LogP contribution in [0.2, 0.25) is 0 Å². The van der Waals surface area contributed by atoms with Gasteiger partial charge in [0.2, 0.25) is 0 Å². The summed E-state index contributed by atoms with van der Waals surface area (Å²) in [5, 5.41) is 23.4. The molecular weight excluding hydrogens is 444 g/mol. The van der Waals surface area contributed by atoms with Crippen LogP contribution in [0.3, 0.4) is 0 Å². The SMILES string of the molecule is O=C(O)N[C@@H]1CCN(C(=O)c2ccc3[nH]c(-c4nc5ccccc5[nH]c4=O)c([N+](=O)[O-])c3c2)C1. The number of amides is 2. The van der Waals surface area contributed by atoms with Gasteiger partial charge in [0.15, 0.2) is 5.69 Å². The van der Waals surface area contributed by atoms with Crippen molar-refractivity contribution < 1.29 is 19.6 Å². The van der Waals surface area contributed by atoms with E-state index in [1.54, 1.807) is 24.3 Å². The first-order valence-corrected chi connectivity index (χ1v) is 10.4. The first-order chi connectivity index (χ1) is 16.3. The Balaban J connectivity index is 1.57. The number of carbonyl (C=O) groups excluding carboxylic acids is 1. The molecule has 4 aromatic rings. The van der Waals surface area contributed by atoms with Crippen molar-refractivity contribution in [2.45, 2.75) is 12.5 Å². The Morgan fingerprint density at radius 1 is 1.18 bits per heavy atom. The zero-order valence-corrected chi connectivity index (χ0v) is 17.6. The second-order valence-corrected chi connectivity index (χ2v) is 7.98. The van der Waals surface area contributed by atoms with Gasteiger partial charge in [-0.05, 0) is 36.8 Å². The minimum atomic E-state index is -1.16. The zero-order chi connectivity index (χ0) is 24.0. The molecule has 1 aliphatic rings. The molecule has 4 N–H and O–H groups in total. The number of fused-ring (bicyclic) bond motifs is 2. The number of carbonyl (C=O) groups is 2. The molecule has 0 bridgehead atoms. The van der Waals surface area contributed by atoms with Crippen LogP contribution in [0.4, 0.5) is 10.5 Å². The molecule has 34 heavy (non-hydrogen) atoms. The number of aromatic amines is 2. The Hall–Kier alpha value is -4.74. The molecule has 0 saturated carbocycles. The predicted molar refractivity (Wildman–Crippen MR) is 122 cm³/mol. The molecule has 1 aliphatic heterocycles. The summed E-state index contributed by atoms with van der Waals surface area (Å²) in [5.74, 6) is -0.365. The highest BCUT2D eigenvalue weighted by atomic mass is 16.6. The summed E-state index contributed by atoms with van der Waals surface area (Å²) in [7, 11) is 0. The van der Waals surface area contributed by atoms with Crippen molar-refractivity contribution in [2.24, 2.45) is 0 Å². The molecule has 3 heterocycles. The number of hydrogen-bond donors (Lipinski definition) is 4. The van der Waals surface area contributed by atoms with Gasteiger partial charge in [0.25, 0.3) is 11.5 Å². The van der Waals surface area contributed by atoms with E-state index < -0.39 is 16.6 Å². The molecule has 2 aromatic heterocycles. The van der Waals surface area contributed by atoms with Crippen LogP contribution in [-0.2, 0) is 0 Å². The van der Waals surface area contributed by atoms with E-state index in [9.17, 15) is 24.5 Å². The monoisotopic (exact) mass is 462 g/mol. The number of nitro groups is 1. The van der Waals surface area contributed by atoms with E-state index in [1.165, 1.54) is 23.1 Å². The average Bonchev–Trinajstić information content (AvgIpc) is 3.41. The highest BCUT2D eigenvalue weighted by molar-refractivity contribution is 6.03. The Kier molecular flexibility index (Phi) is 4.97. The molecule has 0 radical (unpaired) electrons. The van der Waals surface area contributed by atoms with Gasteiger partial charge in [0, 0.05) is 18.7 Å². The lowest BCUT2D eigenvalue weighted by atomic mass is 10.1. The molecule has 1 atom stereocenters. The topological polar surface area (TPSA) is 174 Å². The highest BCUT2D eigenvalue weighted by Crippen LogP contribution is 2.36. The third-order valence-corrected chi connectivity index (χ3v) is 5.84. The van der Waals surface area contributed by atoms with Gasteiger partial charge >= 0.3 is 11.8 Å². The standard InChI is InChI=1S/C22H18N6O6/c29-20-18(25-15-3-1-2-4-16(15)26-20)17-19(28(33)34)13-9-11(5-6-14(13)24-17)21(30)27-8-7-12(10-27)23-22(31)32/h1-6,9,12,23-24H,7-8,10H2,(H,26,29)(H,31,32)/t12-/m1/s1. The van der Waals surface area contributed by atoms with E-state index >= 15 is 0 Å². The molecule has 1 fully saturated rings. The van der Waals surface area contributed by atoms with Gasteiger partial charge in [-0.2, -0.15) is 0 Å². The van der Waals surface area contributed by atoms with E-state index in [2.05, 4.69) is 20.3 Å². The van der Waals surface area contributed by atoms with Gasteiger partial charge in [-0.3, -0.25) is 19.7 Å². The van der Waals surface area contributed by atoms with Gasteiger partial charge in [-0.25, -0.2) is 9.78 Å². The van der Waals surface area contributed by atoms with Gasteiger partial charge < -0.3 is 25.3 Å². The van der Waals surface area contributed by atoms with Crippen molar-refractivity contribution in [3.63, 3.8) is 0 Å². The first kappa shape index (κ1) is 21.1. The number of aromatic nitrogens is 3. The summed E-state index contributed by atoms with van der Waals surface area (Å²) in [4.78, 5) is 59.3. The molecule has 12 heteroatoms. The molecule has 5 rings (SSSR count). The quantitative estimate of drug-likeness (QED) is 0.266. The van der Waals surface area contributed by atoms with Crippen LogP contribution in [-0.4, -0.2) is 61.0 Å². The smallest absolute Gasteiger partial charge is 0.404 e. The molecular formula is C22H18N6O6. The maximum atomic E-state index is 13.0. The van der Waals surface area contributed by atoms with E-state index in [0.717, 1.165) is 0 Å². The Labute approximate surface area is 190 Å². The number of likely N-dealkylation sites (tertiary alicyclic amines) is 1. The summed E-state index contributed by atoms with van der Waals surface area (Å²) in [6.45, 7) is 0.568. The third-order valence-electron chi connectivity index (χ3n) is 5.84. The Bertz CT molecular complexity index is 1540. The molecule has 0 aliphatic carbocycles.